The van der Waals surface area contributed by atoms with E-state index in [-0.39, 0.29) is 18.6 Å². The number of amides is 1. The number of hydrogen-bond donors (Lipinski definition) is 2. The molecular weight excluding hydrogens is 204 g/mol. The molecule has 2 rings (SSSR count). The summed E-state index contributed by atoms with van der Waals surface area (Å²) in [6, 6.07) is 0.562. The van der Waals surface area contributed by atoms with E-state index in [2.05, 4.69) is 10.2 Å². The Kier molecular flexibility index (Phi) is 4.18. The van der Waals surface area contributed by atoms with Crippen molar-refractivity contribution >= 4 is 5.91 Å². The van der Waals surface area contributed by atoms with Crippen LogP contribution in [-0.2, 0) is 4.79 Å². The number of rotatable bonds is 6. The minimum atomic E-state index is 0.0966. The van der Waals surface area contributed by atoms with Gasteiger partial charge in [-0.2, -0.15) is 0 Å². The summed E-state index contributed by atoms with van der Waals surface area (Å²) in [6.07, 6.45) is 6.27. The fourth-order valence-corrected chi connectivity index (χ4v) is 2.34. The van der Waals surface area contributed by atoms with Crippen molar-refractivity contribution in [1.29, 1.82) is 0 Å². The van der Waals surface area contributed by atoms with Crippen LogP contribution in [0.3, 0.4) is 0 Å². The summed E-state index contributed by atoms with van der Waals surface area (Å²) in [5, 5.41) is 11.8. The number of aliphatic hydroxyl groups is 1. The molecular formula is C12H22N2O2. The summed E-state index contributed by atoms with van der Waals surface area (Å²) < 4.78 is 0. The predicted molar refractivity (Wildman–Crippen MR) is 62.1 cm³/mol. The van der Waals surface area contributed by atoms with Crippen LogP contribution in [0.25, 0.3) is 0 Å². The summed E-state index contributed by atoms with van der Waals surface area (Å²) in [6.45, 7) is 2.24. The van der Waals surface area contributed by atoms with E-state index in [1.165, 1.54) is 0 Å². The number of aliphatic hydroxyl groups excluding tert-OH is 1. The maximum absolute atomic E-state index is 11.9. The maximum atomic E-state index is 11.9. The van der Waals surface area contributed by atoms with Crippen LogP contribution in [0.4, 0.5) is 0 Å². The lowest BCUT2D eigenvalue weighted by molar-refractivity contribution is -0.125. The van der Waals surface area contributed by atoms with Crippen LogP contribution < -0.4 is 5.32 Å². The van der Waals surface area contributed by atoms with E-state index in [0.717, 1.165) is 51.6 Å². The molecule has 0 spiro atoms. The molecule has 0 aromatic carbocycles. The Bertz CT molecular complexity index is 241. The molecule has 1 aliphatic carbocycles. The van der Waals surface area contributed by atoms with Crippen molar-refractivity contribution < 1.29 is 9.90 Å². The smallest absolute Gasteiger partial charge is 0.237 e. The van der Waals surface area contributed by atoms with Crippen molar-refractivity contribution in [2.45, 2.75) is 50.6 Å². The van der Waals surface area contributed by atoms with Crippen molar-refractivity contribution in [3.05, 3.63) is 0 Å². The highest BCUT2D eigenvalue weighted by atomic mass is 16.2. The molecule has 1 aliphatic heterocycles. The standard InChI is InChI=1S/C12H22N2O2/c15-9-2-1-7-14-8-3-4-11(14)12(16)13-10-5-6-10/h10-11,15H,1-9H2,(H,13,16). The normalized spacial score (nSPS) is 25.9. The average molecular weight is 226 g/mol. The average Bonchev–Trinajstić information content (AvgIpc) is 2.95. The van der Waals surface area contributed by atoms with Crippen molar-refractivity contribution in [1.82, 2.24) is 10.2 Å². The fourth-order valence-electron chi connectivity index (χ4n) is 2.34. The molecule has 1 atom stereocenters. The molecule has 2 N–H and O–H groups in total. The molecule has 16 heavy (non-hydrogen) atoms. The molecule has 1 unspecified atom stereocenters. The van der Waals surface area contributed by atoms with Crippen molar-refractivity contribution in [3.8, 4) is 0 Å². The van der Waals surface area contributed by atoms with E-state index in [1.54, 1.807) is 0 Å². The second-order valence-electron chi connectivity index (χ2n) is 4.91. The Balaban J connectivity index is 1.74. The third-order valence-corrected chi connectivity index (χ3v) is 3.44. The molecule has 2 fully saturated rings. The topological polar surface area (TPSA) is 52.6 Å². The first-order valence-corrected chi connectivity index (χ1v) is 6.46. The molecule has 4 heteroatoms. The van der Waals surface area contributed by atoms with Crippen molar-refractivity contribution in [2.75, 3.05) is 19.7 Å². The van der Waals surface area contributed by atoms with Crippen molar-refractivity contribution in [2.24, 2.45) is 0 Å². The minimum Gasteiger partial charge on any atom is -0.396 e. The lowest BCUT2D eigenvalue weighted by Crippen LogP contribution is -2.44. The van der Waals surface area contributed by atoms with Crippen molar-refractivity contribution in [3.63, 3.8) is 0 Å². The van der Waals surface area contributed by atoms with E-state index < -0.39 is 0 Å². The summed E-state index contributed by atoms with van der Waals surface area (Å²) in [5.41, 5.74) is 0. The van der Waals surface area contributed by atoms with Gasteiger partial charge in [0.1, 0.15) is 0 Å². The molecule has 0 aromatic heterocycles. The first kappa shape index (κ1) is 11.9. The molecule has 92 valence electrons. The molecule has 4 nitrogen and oxygen atoms in total. The van der Waals surface area contributed by atoms with Gasteiger partial charge in [0.15, 0.2) is 0 Å². The van der Waals surface area contributed by atoms with Crippen LogP contribution in [0, 0.1) is 0 Å². The zero-order valence-corrected chi connectivity index (χ0v) is 9.82. The molecule has 0 aromatic rings. The highest BCUT2D eigenvalue weighted by Gasteiger charge is 2.33. The summed E-state index contributed by atoms with van der Waals surface area (Å²) >= 11 is 0. The summed E-state index contributed by atoms with van der Waals surface area (Å²) in [4.78, 5) is 14.2. The first-order valence-electron chi connectivity index (χ1n) is 6.46. The molecule has 0 bridgehead atoms. The minimum absolute atomic E-state index is 0.0966. The van der Waals surface area contributed by atoms with Gasteiger partial charge in [-0.3, -0.25) is 9.69 Å². The molecule has 1 heterocycles. The van der Waals surface area contributed by atoms with E-state index in [1.807, 2.05) is 0 Å². The van der Waals surface area contributed by atoms with Gasteiger partial charge in [0.2, 0.25) is 5.91 Å². The number of likely N-dealkylation sites (tertiary alicyclic amines) is 1. The number of unbranched alkanes of at least 4 members (excludes halogenated alkanes) is 1. The van der Waals surface area contributed by atoms with Crippen LogP contribution in [0.1, 0.15) is 38.5 Å². The first-order chi connectivity index (χ1) is 7.81. The van der Waals surface area contributed by atoms with Gasteiger partial charge in [0, 0.05) is 12.6 Å². The molecule has 1 amide bonds. The summed E-state index contributed by atoms with van der Waals surface area (Å²) in [7, 11) is 0. The Labute approximate surface area is 97.0 Å². The van der Waals surface area contributed by atoms with Crippen LogP contribution in [0.2, 0.25) is 0 Å². The summed E-state index contributed by atoms with van der Waals surface area (Å²) in [5.74, 6) is 0.226. The number of nitrogens with one attached hydrogen (secondary N) is 1. The van der Waals surface area contributed by atoms with Crippen LogP contribution in [0.15, 0.2) is 0 Å². The van der Waals surface area contributed by atoms with Gasteiger partial charge >= 0.3 is 0 Å². The number of carbonyl (C=O) groups is 1. The molecule has 0 radical (unpaired) electrons. The fraction of sp³-hybridized carbons (Fsp3) is 0.917. The van der Waals surface area contributed by atoms with Gasteiger partial charge in [-0.05, 0) is 51.6 Å². The van der Waals surface area contributed by atoms with E-state index in [4.69, 9.17) is 5.11 Å². The lowest BCUT2D eigenvalue weighted by Gasteiger charge is -2.23. The zero-order chi connectivity index (χ0) is 11.4. The highest BCUT2D eigenvalue weighted by Crippen LogP contribution is 2.22. The number of carbonyl (C=O) groups excluding carboxylic acids is 1. The van der Waals surface area contributed by atoms with Gasteiger partial charge in [-0.1, -0.05) is 0 Å². The third-order valence-electron chi connectivity index (χ3n) is 3.44. The zero-order valence-electron chi connectivity index (χ0n) is 9.82. The van der Waals surface area contributed by atoms with E-state index in [9.17, 15) is 4.79 Å². The molecule has 1 saturated heterocycles. The Morgan fingerprint density at radius 3 is 2.81 bits per heavy atom. The lowest BCUT2D eigenvalue weighted by atomic mass is 10.2. The highest BCUT2D eigenvalue weighted by molar-refractivity contribution is 5.82. The van der Waals surface area contributed by atoms with Crippen LogP contribution in [-0.4, -0.2) is 47.7 Å². The molecule has 2 aliphatic rings. The van der Waals surface area contributed by atoms with E-state index in [0.29, 0.717) is 6.04 Å². The van der Waals surface area contributed by atoms with Gasteiger partial charge in [0.25, 0.3) is 0 Å². The van der Waals surface area contributed by atoms with Gasteiger partial charge in [-0.25, -0.2) is 0 Å². The monoisotopic (exact) mass is 226 g/mol. The quantitative estimate of drug-likeness (QED) is 0.649. The number of hydrogen-bond acceptors (Lipinski definition) is 3. The second kappa shape index (κ2) is 5.64. The maximum Gasteiger partial charge on any atom is 0.237 e. The number of nitrogens with zero attached hydrogens (tertiary/aromatic N) is 1. The van der Waals surface area contributed by atoms with Gasteiger partial charge in [0.05, 0.1) is 6.04 Å². The predicted octanol–water partition coefficient (Wildman–Crippen LogP) is 0.502. The van der Waals surface area contributed by atoms with Gasteiger partial charge < -0.3 is 10.4 Å². The largest absolute Gasteiger partial charge is 0.396 e. The van der Waals surface area contributed by atoms with E-state index >= 15 is 0 Å². The van der Waals surface area contributed by atoms with Crippen LogP contribution in [0.5, 0.6) is 0 Å². The molecule has 1 saturated carbocycles. The van der Waals surface area contributed by atoms with Gasteiger partial charge in [-0.15, -0.1) is 0 Å². The Morgan fingerprint density at radius 2 is 2.12 bits per heavy atom. The van der Waals surface area contributed by atoms with Crippen LogP contribution >= 0.6 is 0 Å². The third kappa shape index (κ3) is 3.19. The Hall–Kier alpha value is -0.610. The second-order valence-corrected chi connectivity index (χ2v) is 4.91. The Morgan fingerprint density at radius 1 is 1.31 bits per heavy atom. The SMILES string of the molecule is O=C(NC1CC1)C1CCCN1CCCCO.